The monoisotopic (exact) mass is 186 g/mol. The fourth-order valence-corrected chi connectivity index (χ4v) is 1.09. The van der Waals surface area contributed by atoms with Crippen molar-refractivity contribution in [1.82, 2.24) is 0 Å². The van der Waals surface area contributed by atoms with Crippen LogP contribution in [0.2, 0.25) is 0 Å². The standard InChI is InChI=1S/C10H12F2O/c1-3-8-5-4-7(2)9(6-8)13-10(11)12/h4-6,10H,3H2,1-2H3. The highest BCUT2D eigenvalue weighted by molar-refractivity contribution is 5.36. The van der Waals surface area contributed by atoms with E-state index in [9.17, 15) is 8.78 Å². The van der Waals surface area contributed by atoms with Crippen LogP contribution in [0, 0.1) is 6.92 Å². The first kappa shape index (κ1) is 9.96. The summed E-state index contributed by atoms with van der Waals surface area (Å²) in [4.78, 5) is 0. The second-order valence-corrected chi connectivity index (χ2v) is 2.83. The molecule has 3 heteroatoms. The Hall–Kier alpha value is -1.12. The summed E-state index contributed by atoms with van der Waals surface area (Å²) in [7, 11) is 0. The smallest absolute Gasteiger partial charge is 0.387 e. The van der Waals surface area contributed by atoms with Gasteiger partial charge in [-0.2, -0.15) is 8.78 Å². The maximum Gasteiger partial charge on any atom is 0.387 e. The number of rotatable bonds is 3. The van der Waals surface area contributed by atoms with Gasteiger partial charge in [-0.1, -0.05) is 19.1 Å². The highest BCUT2D eigenvalue weighted by Gasteiger charge is 2.07. The molecular weight excluding hydrogens is 174 g/mol. The average Bonchev–Trinajstić information content (AvgIpc) is 2.08. The summed E-state index contributed by atoms with van der Waals surface area (Å²) in [6, 6.07) is 5.35. The van der Waals surface area contributed by atoms with Crippen molar-refractivity contribution in [2.75, 3.05) is 0 Å². The first-order valence-electron chi connectivity index (χ1n) is 4.17. The van der Waals surface area contributed by atoms with Gasteiger partial charge in [0.05, 0.1) is 0 Å². The highest BCUT2D eigenvalue weighted by atomic mass is 19.3. The van der Waals surface area contributed by atoms with Gasteiger partial charge in [-0.05, 0) is 30.5 Å². The van der Waals surface area contributed by atoms with Crippen LogP contribution in [-0.4, -0.2) is 6.61 Å². The summed E-state index contributed by atoms with van der Waals surface area (Å²) in [5.41, 5.74) is 1.73. The summed E-state index contributed by atoms with van der Waals surface area (Å²) < 4.78 is 28.2. The van der Waals surface area contributed by atoms with Crippen molar-refractivity contribution in [2.24, 2.45) is 0 Å². The summed E-state index contributed by atoms with van der Waals surface area (Å²) in [5, 5.41) is 0. The Balaban J connectivity index is 2.90. The second-order valence-electron chi connectivity index (χ2n) is 2.83. The lowest BCUT2D eigenvalue weighted by molar-refractivity contribution is -0.0503. The van der Waals surface area contributed by atoms with E-state index in [1.54, 1.807) is 19.1 Å². The third-order valence-electron chi connectivity index (χ3n) is 1.88. The molecule has 0 radical (unpaired) electrons. The van der Waals surface area contributed by atoms with Crippen molar-refractivity contribution >= 4 is 0 Å². The van der Waals surface area contributed by atoms with Crippen molar-refractivity contribution in [3.05, 3.63) is 29.3 Å². The molecule has 0 bridgehead atoms. The zero-order valence-corrected chi connectivity index (χ0v) is 7.68. The lowest BCUT2D eigenvalue weighted by Gasteiger charge is -2.08. The van der Waals surface area contributed by atoms with Crippen molar-refractivity contribution in [1.29, 1.82) is 0 Å². The molecular formula is C10H12F2O. The molecule has 0 saturated heterocycles. The van der Waals surface area contributed by atoms with E-state index in [1.165, 1.54) is 0 Å². The molecule has 72 valence electrons. The molecule has 0 amide bonds. The van der Waals surface area contributed by atoms with Gasteiger partial charge in [0, 0.05) is 0 Å². The molecule has 1 rings (SSSR count). The zero-order chi connectivity index (χ0) is 9.84. The van der Waals surface area contributed by atoms with Crippen LogP contribution in [0.3, 0.4) is 0 Å². The molecule has 0 aromatic heterocycles. The second kappa shape index (κ2) is 4.21. The topological polar surface area (TPSA) is 9.23 Å². The fraction of sp³-hybridized carbons (Fsp3) is 0.400. The summed E-state index contributed by atoms with van der Waals surface area (Å²) in [6.45, 7) is 0.972. The normalized spacial score (nSPS) is 10.5. The number of ether oxygens (including phenoxy) is 1. The van der Waals surface area contributed by atoms with Crippen molar-refractivity contribution < 1.29 is 13.5 Å². The number of hydrogen-bond acceptors (Lipinski definition) is 1. The van der Waals surface area contributed by atoms with Gasteiger partial charge in [0.25, 0.3) is 0 Å². The Labute approximate surface area is 76.3 Å². The van der Waals surface area contributed by atoms with Crippen LogP contribution < -0.4 is 4.74 Å². The Morgan fingerprint density at radius 1 is 1.38 bits per heavy atom. The zero-order valence-electron chi connectivity index (χ0n) is 7.68. The molecule has 0 aliphatic carbocycles. The van der Waals surface area contributed by atoms with Crippen LogP contribution in [-0.2, 0) is 6.42 Å². The van der Waals surface area contributed by atoms with Gasteiger partial charge >= 0.3 is 6.61 Å². The van der Waals surface area contributed by atoms with E-state index >= 15 is 0 Å². The van der Waals surface area contributed by atoms with Gasteiger partial charge in [-0.25, -0.2) is 0 Å². The molecule has 0 saturated carbocycles. The van der Waals surface area contributed by atoms with Gasteiger partial charge in [0.15, 0.2) is 0 Å². The van der Waals surface area contributed by atoms with Crippen molar-refractivity contribution in [3.8, 4) is 5.75 Å². The van der Waals surface area contributed by atoms with Crippen LogP contribution in [0.1, 0.15) is 18.1 Å². The first-order chi connectivity index (χ1) is 6.13. The Bertz CT molecular complexity index is 284. The molecule has 1 nitrogen and oxygen atoms in total. The quantitative estimate of drug-likeness (QED) is 0.704. The number of aryl methyl sites for hydroxylation is 2. The van der Waals surface area contributed by atoms with E-state index in [4.69, 9.17) is 0 Å². The minimum Gasteiger partial charge on any atom is -0.435 e. The lowest BCUT2D eigenvalue weighted by Crippen LogP contribution is -2.03. The molecule has 0 spiro atoms. The van der Waals surface area contributed by atoms with Gasteiger partial charge in [-0.3, -0.25) is 0 Å². The minimum atomic E-state index is -2.74. The van der Waals surface area contributed by atoms with Gasteiger partial charge in [0.2, 0.25) is 0 Å². The molecule has 0 fully saturated rings. The molecule has 13 heavy (non-hydrogen) atoms. The third-order valence-corrected chi connectivity index (χ3v) is 1.88. The van der Waals surface area contributed by atoms with Gasteiger partial charge < -0.3 is 4.74 Å². The molecule has 0 atom stereocenters. The van der Waals surface area contributed by atoms with E-state index in [-0.39, 0.29) is 5.75 Å². The number of benzene rings is 1. The SMILES string of the molecule is CCc1ccc(C)c(OC(F)F)c1. The predicted octanol–water partition coefficient (Wildman–Crippen LogP) is 3.16. The van der Waals surface area contributed by atoms with Gasteiger partial charge in [0.1, 0.15) is 5.75 Å². The maximum atomic E-state index is 11.9. The predicted molar refractivity (Wildman–Crippen MR) is 47.2 cm³/mol. The summed E-state index contributed by atoms with van der Waals surface area (Å²) >= 11 is 0. The summed E-state index contributed by atoms with van der Waals surface area (Å²) in [6.07, 6.45) is 0.819. The van der Waals surface area contributed by atoms with Crippen LogP contribution in [0.5, 0.6) is 5.75 Å². The van der Waals surface area contributed by atoms with Crippen molar-refractivity contribution in [3.63, 3.8) is 0 Å². The Morgan fingerprint density at radius 3 is 2.62 bits per heavy atom. The van der Waals surface area contributed by atoms with E-state index < -0.39 is 6.61 Å². The lowest BCUT2D eigenvalue weighted by atomic mass is 10.1. The Kier molecular flexibility index (Phi) is 3.23. The number of hydrogen-bond donors (Lipinski definition) is 0. The largest absolute Gasteiger partial charge is 0.435 e. The van der Waals surface area contributed by atoms with E-state index in [1.807, 2.05) is 13.0 Å². The van der Waals surface area contributed by atoms with Crippen LogP contribution >= 0.6 is 0 Å². The molecule has 0 unspecified atom stereocenters. The Morgan fingerprint density at radius 2 is 2.08 bits per heavy atom. The average molecular weight is 186 g/mol. The van der Waals surface area contributed by atoms with Crippen LogP contribution in [0.4, 0.5) is 8.78 Å². The van der Waals surface area contributed by atoms with E-state index in [0.717, 1.165) is 17.5 Å². The molecule has 0 N–H and O–H groups in total. The van der Waals surface area contributed by atoms with E-state index in [0.29, 0.717) is 0 Å². The summed E-state index contributed by atoms with van der Waals surface area (Å²) in [5.74, 6) is 0.273. The maximum absolute atomic E-state index is 11.9. The number of alkyl halides is 2. The molecule has 0 aliphatic rings. The number of halogens is 2. The molecule has 0 heterocycles. The van der Waals surface area contributed by atoms with Crippen LogP contribution in [0.25, 0.3) is 0 Å². The third kappa shape index (κ3) is 2.68. The highest BCUT2D eigenvalue weighted by Crippen LogP contribution is 2.21. The van der Waals surface area contributed by atoms with Crippen LogP contribution in [0.15, 0.2) is 18.2 Å². The minimum absolute atomic E-state index is 0.273. The first-order valence-corrected chi connectivity index (χ1v) is 4.17. The fourth-order valence-electron chi connectivity index (χ4n) is 1.09. The molecule has 1 aromatic carbocycles. The molecule has 1 aromatic rings. The molecule has 0 aliphatic heterocycles. The van der Waals surface area contributed by atoms with Gasteiger partial charge in [-0.15, -0.1) is 0 Å². The van der Waals surface area contributed by atoms with E-state index in [2.05, 4.69) is 4.74 Å². The van der Waals surface area contributed by atoms with Crippen molar-refractivity contribution in [2.45, 2.75) is 26.9 Å².